The second kappa shape index (κ2) is 4.33. The molecule has 78 valence electrons. The zero-order valence-electron chi connectivity index (χ0n) is 8.24. The fraction of sp³-hybridized carbons (Fsp3) is 0.556. The predicted octanol–water partition coefficient (Wildman–Crippen LogP) is 0.836. The number of hydrogen-bond donors (Lipinski definition) is 2. The minimum Gasteiger partial charge on any atom is -0.392 e. The van der Waals surface area contributed by atoms with Crippen LogP contribution in [0.5, 0.6) is 0 Å². The summed E-state index contributed by atoms with van der Waals surface area (Å²) in [6.45, 7) is 3.85. The van der Waals surface area contributed by atoms with Crippen molar-refractivity contribution in [1.29, 1.82) is 0 Å². The minimum absolute atomic E-state index is 0.312. The molecular weight excluding hydrogens is 246 g/mol. The molecule has 2 unspecified atom stereocenters. The van der Waals surface area contributed by atoms with Crippen LogP contribution < -0.4 is 5.73 Å². The normalized spacial score (nSPS) is 17.5. The van der Waals surface area contributed by atoms with Crippen LogP contribution in [0.1, 0.15) is 19.7 Å². The molecule has 0 aromatic carbocycles. The molecule has 0 aliphatic heterocycles. The molecule has 1 heterocycles. The molecule has 0 aliphatic rings. The van der Waals surface area contributed by atoms with Crippen LogP contribution in [0.25, 0.3) is 0 Å². The van der Waals surface area contributed by atoms with E-state index >= 15 is 0 Å². The number of halogens is 1. The van der Waals surface area contributed by atoms with Gasteiger partial charge in [-0.05, 0) is 29.8 Å². The summed E-state index contributed by atoms with van der Waals surface area (Å²) < 4.78 is 0.811. The van der Waals surface area contributed by atoms with E-state index in [2.05, 4.69) is 25.9 Å². The van der Waals surface area contributed by atoms with Gasteiger partial charge in [0.25, 0.3) is 0 Å². The number of rotatable bonds is 3. The minimum atomic E-state index is -0.583. The van der Waals surface area contributed by atoms with Crippen LogP contribution in [0.15, 0.2) is 16.9 Å². The third kappa shape index (κ3) is 2.10. The first kappa shape index (κ1) is 11.6. The standard InChI is InChI=1S/C9H14BrN3O/c1-6(14)9(2,5-11)8-12-3-7(10)4-13-8/h3-4,6,14H,5,11H2,1-2H3. The molecule has 14 heavy (non-hydrogen) atoms. The molecule has 0 bridgehead atoms. The van der Waals surface area contributed by atoms with Crippen molar-refractivity contribution in [2.45, 2.75) is 25.4 Å². The van der Waals surface area contributed by atoms with E-state index in [1.54, 1.807) is 19.3 Å². The zero-order valence-corrected chi connectivity index (χ0v) is 9.82. The molecule has 4 nitrogen and oxygen atoms in total. The first-order valence-electron chi connectivity index (χ1n) is 4.37. The maximum atomic E-state index is 9.62. The van der Waals surface area contributed by atoms with Gasteiger partial charge in [-0.15, -0.1) is 0 Å². The Morgan fingerprint density at radius 2 is 2.07 bits per heavy atom. The number of aliphatic hydroxyl groups excluding tert-OH is 1. The van der Waals surface area contributed by atoms with Crippen molar-refractivity contribution >= 4 is 15.9 Å². The van der Waals surface area contributed by atoms with Gasteiger partial charge in [0.05, 0.1) is 16.0 Å². The lowest BCUT2D eigenvalue weighted by molar-refractivity contribution is 0.106. The van der Waals surface area contributed by atoms with Crippen molar-refractivity contribution in [2.24, 2.45) is 5.73 Å². The van der Waals surface area contributed by atoms with E-state index < -0.39 is 11.5 Å². The molecule has 0 fully saturated rings. The Balaban J connectivity index is 3.06. The molecule has 0 aliphatic carbocycles. The van der Waals surface area contributed by atoms with Gasteiger partial charge >= 0.3 is 0 Å². The zero-order chi connectivity index (χ0) is 10.8. The van der Waals surface area contributed by atoms with Gasteiger partial charge < -0.3 is 10.8 Å². The number of aliphatic hydroxyl groups is 1. The van der Waals surface area contributed by atoms with Crippen LogP contribution >= 0.6 is 15.9 Å². The van der Waals surface area contributed by atoms with Gasteiger partial charge in [0.1, 0.15) is 5.82 Å². The first-order valence-corrected chi connectivity index (χ1v) is 5.16. The van der Waals surface area contributed by atoms with Crippen LogP contribution in [0, 0.1) is 0 Å². The van der Waals surface area contributed by atoms with Crippen LogP contribution in [-0.4, -0.2) is 27.7 Å². The van der Waals surface area contributed by atoms with Crippen molar-refractivity contribution < 1.29 is 5.11 Å². The molecule has 0 saturated heterocycles. The predicted molar refractivity (Wildman–Crippen MR) is 57.8 cm³/mol. The molecule has 0 amide bonds. The molecule has 3 N–H and O–H groups in total. The number of aromatic nitrogens is 2. The SMILES string of the molecule is CC(O)C(C)(CN)c1ncc(Br)cn1. The smallest absolute Gasteiger partial charge is 0.138 e. The highest BCUT2D eigenvalue weighted by atomic mass is 79.9. The molecule has 0 spiro atoms. The number of hydrogen-bond acceptors (Lipinski definition) is 4. The summed E-state index contributed by atoms with van der Waals surface area (Å²) in [6, 6.07) is 0. The molecular formula is C9H14BrN3O. The van der Waals surface area contributed by atoms with Crippen molar-refractivity contribution in [3.63, 3.8) is 0 Å². The Labute approximate surface area is 91.7 Å². The fourth-order valence-corrected chi connectivity index (χ4v) is 1.26. The third-order valence-corrected chi connectivity index (χ3v) is 2.89. The Morgan fingerprint density at radius 3 is 2.43 bits per heavy atom. The second-order valence-electron chi connectivity index (χ2n) is 3.52. The lowest BCUT2D eigenvalue weighted by atomic mass is 9.84. The average molecular weight is 260 g/mol. The van der Waals surface area contributed by atoms with Gasteiger partial charge in [-0.25, -0.2) is 9.97 Å². The number of nitrogens with zero attached hydrogens (tertiary/aromatic N) is 2. The van der Waals surface area contributed by atoms with E-state index in [4.69, 9.17) is 5.73 Å². The Bertz CT molecular complexity index is 301. The summed E-state index contributed by atoms with van der Waals surface area (Å²) in [5.74, 6) is 0.568. The average Bonchev–Trinajstić information content (AvgIpc) is 2.17. The largest absolute Gasteiger partial charge is 0.392 e. The highest BCUT2D eigenvalue weighted by Gasteiger charge is 2.33. The molecule has 0 saturated carbocycles. The van der Waals surface area contributed by atoms with Crippen molar-refractivity contribution in [2.75, 3.05) is 6.54 Å². The highest BCUT2D eigenvalue weighted by Crippen LogP contribution is 2.23. The van der Waals surface area contributed by atoms with Crippen molar-refractivity contribution in [1.82, 2.24) is 9.97 Å². The van der Waals surface area contributed by atoms with Gasteiger partial charge in [0.2, 0.25) is 0 Å². The lowest BCUT2D eigenvalue weighted by Crippen LogP contribution is -2.43. The molecule has 2 atom stereocenters. The topological polar surface area (TPSA) is 72.0 Å². The van der Waals surface area contributed by atoms with Crippen LogP contribution in [0.2, 0.25) is 0 Å². The van der Waals surface area contributed by atoms with Crippen molar-refractivity contribution in [3.8, 4) is 0 Å². The molecule has 1 aromatic heterocycles. The summed E-state index contributed by atoms with van der Waals surface area (Å²) >= 11 is 3.25. The monoisotopic (exact) mass is 259 g/mol. The van der Waals surface area contributed by atoms with Crippen LogP contribution in [0.4, 0.5) is 0 Å². The Hall–Kier alpha value is -0.520. The molecule has 1 rings (SSSR count). The molecule has 1 aromatic rings. The van der Waals surface area contributed by atoms with Crippen molar-refractivity contribution in [3.05, 3.63) is 22.7 Å². The summed E-state index contributed by atoms with van der Waals surface area (Å²) in [6.07, 6.45) is 2.73. The van der Waals surface area contributed by atoms with E-state index in [1.807, 2.05) is 6.92 Å². The summed E-state index contributed by atoms with van der Waals surface area (Å²) in [5, 5.41) is 9.62. The van der Waals surface area contributed by atoms with Gasteiger partial charge in [-0.1, -0.05) is 0 Å². The van der Waals surface area contributed by atoms with Crippen LogP contribution in [0.3, 0.4) is 0 Å². The fourth-order valence-electron chi connectivity index (χ4n) is 1.06. The highest BCUT2D eigenvalue weighted by molar-refractivity contribution is 9.10. The summed E-state index contributed by atoms with van der Waals surface area (Å²) in [7, 11) is 0. The second-order valence-corrected chi connectivity index (χ2v) is 4.44. The maximum Gasteiger partial charge on any atom is 0.138 e. The molecule has 0 radical (unpaired) electrons. The first-order chi connectivity index (χ1) is 6.50. The maximum absolute atomic E-state index is 9.62. The Morgan fingerprint density at radius 1 is 1.57 bits per heavy atom. The lowest BCUT2D eigenvalue weighted by Gasteiger charge is -2.29. The summed E-state index contributed by atoms with van der Waals surface area (Å²) in [4.78, 5) is 8.29. The molecule has 5 heteroatoms. The van der Waals surface area contributed by atoms with E-state index in [1.165, 1.54) is 0 Å². The van der Waals surface area contributed by atoms with Gasteiger partial charge in [-0.3, -0.25) is 0 Å². The van der Waals surface area contributed by atoms with E-state index in [-0.39, 0.29) is 0 Å². The summed E-state index contributed by atoms with van der Waals surface area (Å²) in [5.41, 5.74) is 5.04. The van der Waals surface area contributed by atoms with E-state index in [9.17, 15) is 5.11 Å². The number of nitrogens with two attached hydrogens (primary N) is 1. The van der Waals surface area contributed by atoms with Gasteiger partial charge in [0.15, 0.2) is 0 Å². The van der Waals surface area contributed by atoms with E-state index in [0.29, 0.717) is 12.4 Å². The quantitative estimate of drug-likeness (QED) is 0.844. The Kier molecular flexibility index (Phi) is 3.58. The van der Waals surface area contributed by atoms with Crippen LogP contribution in [-0.2, 0) is 5.41 Å². The van der Waals surface area contributed by atoms with Gasteiger partial charge in [0, 0.05) is 18.9 Å². The van der Waals surface area contributed by atoms with E-state index in [0.717, 1.165) is 4.47 Å². The van der Waals surface area contributed by atoms with Gasteiger partial charge in [-0.2, -0.15) is 0 Å². The third-order valence-electron chi connectivity index (χ3n) is 2.48.